The van der Waals surface area contributed by atoms with Gasteiger partial charge in [0.25, 0.3) is 0 Å². The molecule has 1 saturated heterocycles. The number of benzene rings is 2. The van der Waals surface area contributed by atoms with Crippen LogP contribution < -0.4 is 10.1 Å². The molecular formula is C23H27FN2O2. The Kier molecular flexibility index (Phi) is 6.03. The Balaban J connectivity index is 1.30. The molecule has 2 aliphatic heterocycles. The molecule has 1 N–H and O–H groups in total. The summed E-state index contributed by atoms with van der Waals surface area (Å²) in [4.78, 5) is 15.3. The lowest BCUT2D eigenvalue weighted by molar-refractivity contribution is 0.0948. The molecule has 148 valence electrons. The molecule has 5 heteroatoms. The molecule has 2 heterocycles. The fourth-order valence-electron chi connectivity index (χ4n) is 4.12. The maximum absolute atomic E-state index is 13.9. The summed E-state index contributed by atoms with van der Waals surface area (Å²) in [6.07, 6.45) is 4.98. The van der Waals surface area contributed by atoms with E-state index in [1.807, 2.05) is 18.2 Å². The van der Waals surface area contributed by atoms with Gasteiger partial charge in [-0.3, -0.25) is 10.1 Å². The fourth-order valence-corrected chi connectivity index (χ4v) is 4.12. The third kappa shape index (κ3) is 4.26. The topological polar surface area (TPSA) is 41.6 Å². The minimum Gasteiger partial charge on any atom is -0.494 e. The summed E-state index contributed by atoms with van der Waals surface area (Å²) < 4.78 is 19.7. The van der Waals surface area contributed by atoms with Crippen LogP contribution in [-0.4, -0.2) is 36.9 Å². The Morgan fingerprint density at radius 1 is 1.11 bits per heavy atom. The molecule has 0 aromatic heterocycles. The number of carbonyl (C=O) groups excluding carboxylic acids is 1. The number of likely N-dealkylation sites (tertiary alicyclic amines) is 1. The Bertz CT molecular complexity index is 816. The van der Waals surface area contributed by atoms with Gasteiger partial charge in [-0.05, 0) is 68.2 Å². The van der Waals surface area contributed by atoms with Crippen molar-refractivity contribution in [2.75, 3.05) is 26.2 Å². The first-order chi connectivity index (χ1) is 13.7. The van der Waals surface area contributed by atoms with E-state index in [9.17, 15) is 9.18 Å². The van der Waals surface area contributed by atoms with Gasteiger partial charge in [-0.1, -0.05) is 18.6 Å². The van der Waals surface area contributed by atoms with Gasteiger partial charge in [-0.2, -0.15) is 0 Å². The highest BCUT2D eigenvalue weighted by atomic mass is 19.1. The van der Waals surface area contributed by atoms with Crippen molar-refractivity contribution in [1.82, 2.24) is 10.2 Å². The first kappa shape index (κ1) is 19.1. The van der Waals surface area contributed by atoms with Crippen molar-refractivity contribution in [2.24, 2.45) is 0 Å². The average molecular weight is 382 g/mol. The predicted octanol–water partition coefficient (Wildman–Crippen LogP) is 4.11. The summed E-state index contributed by atoms with van der Waals surface area (Å²) in [5.74, 6) is 0.482. The number of nitrogens with one attached hydrogen (secondary N) is 1. The van der Waals surface area contributed by atoms with Crippen LogP contribution >= 0.6 is 0 Å². The highest BCUT2D eigenvalue weighted by Crippen LogP contribution is 2.30. The van der Waals surface area contributed by atoms with E-state index >= 15 is 0 Å². The van der Waals surface area contributed by atoms with Crippen LogP contribution in [0.4, 0.5) is 4.39 Å². The van der Waals surface area contributed by atoms with Gasteiger partial charge in [0.2, 0.25) is 0 Å². The van der Waals surface area contributed by atoms with Crippen LogP contribution in [0.2, 0.25) is 0 Å². The first-order valence-electron chi connectivity index (χ1n) is 10.2. The van der Waals surface area contributed by atoms with Gasteiger partial charge in [0.15, 0.2) is 5.78 Å². The number of carbonyl (C=O) groups is 1. The zero-order valence-electron chi connectivity index (χ0n) is 16.1. The van der Waals surface area contributed by atoms with Gasteiger partial charge in [0.05, 0.1) is 12.6 Å². The summed E-state index contributed by atoms with van der Waals surface area (Å²) >= 11 is 0. The standard InChI is InChI=1S/C23H27FN2O2/c24-21-7-4-6-19-20(21)16-25-22(19)23(27)17-8-10-18(11-9-17)28-15-5-14-26-12-2-1-3-13-26/h4,6-11,22,25H,1-3,5,12-16H2. The summed E-state index contributed by atoms with van der Waals surface area (Å²) in [5, 5.41) is 3.12. The lowest BCUT2D eigenvalue weighted by Gasteiger charge is -2.26. The van der Waals surface area contributed by atoms with Crippen molar-refractivity contribution in [2.45, 2.75) is 38.3 Å². The molecular weight excluding hydrogens is 355 g/mol. The summed E-state index contributed by atoms with van der Waals surface area (Å²) in [5.41, 5.74) is 1.94. The normalized spacial score (nSPS) is 19.4. The Labute approximate surface area is 165 Å². The predicted molar refractivity (Wildman–Crippen MR) is 107 cm³/mol. The number of Topliss-reactive ketones (excluding diaryl/α,β-unsaturated/α-hetero) is 1. The second-order valence-electron chi connectivity index (χ2n) is 7.61. The van der Waals surface area contributed by atoms with Crippen LogP contribution in [0.1, 0.15) is 53.2 Å². The molecule has 1 fully saturated rings. The van der Waals surface area contributed by atoms with Crippen molar-refractivity contribution >= 4 is 5.78 Å². The van der Waals surface area contributed by atoms with Crippen LogP contribution in [0.15, 0.2) is 42.5 Å². The van der Waals surface area contributed by atoms with E-state index in [2.05, 4.69) is 10.2 Å². The van der Waals surface area contributed by atoms with Crippen LogP contribution in [-0.2, 0) is 6.54 Å². The first-order valence-corrected chi connectivity index (χ1v) is 10.2. The molecule has 1 atom stereocenters. The lowest BCUT2D eigenvalue weighted by atomic mass is 9.97. The molecule has 0 bridgehead atoms. The number of nitrogens with zero attached hydrogens (tertiary/aromatic N) is 1. The average Bonchev–Trinajstić information content (AvgIpc) is 3.17. The van der Waals surface area contributed by atoms with E-state index in [0.29, 0.717) is 24.3 Å². The van der Waals surface area contributed by atoms with Crippen molar-refractivity contribution < 1.29 is 13.9 Å². The second kappa shape index (κ2) is 8.84. The van der Waals surface area contributed by atoms with Crippen LogP contribution in [0, 0.1) is 5.82 Å². The molecule has 0 spiro atoms. The zero-order chi connectivity index (χ0) is 19.3. The largest absolute Gasteiger partial charge is 0.494 e. The fraction of sp³-hybridized carbons (Fsp3) is 0.435. The van der Waals surface area contributed by atoms with Gasteiger partial charge in [0, 0.05) is 24.2 Å². The van der Waals surface area contributed by atoms with Crippen molar-refractivity contribution in [1.29, 1.82) is 0 Å². The number of piperidine rings is 1. The quantitative estimate of drug-likeness (QED) is 0.578. The highest BCUT2D eigenvalue weighted by molar-refractivity contribution is 6.01. The van der Waals surface area contributed by atoms with Crippen LogP contribution in [0.5, 0.6) is 5.75 Å². The molecule has 2 aromatic rings. The number of fused-ring (bicyclic) bond motifs is 1. The maximum atomic E-state index is 13.9. The third-order valence-corrected chi connectivity index (χ3v) is 5.69. The molecule has 2 aliphatic rings. The minimum atomic E-state index is -0.484. The summed E-state index contributed by atoms with van der Waals surface area (Å²) in [6, 6.07) is 11.7. The highest BCUT2D eigenvalue weighted by Gasteiger charge is 2.30. The number of hydrogen-bond acceptors (Lipinski definition) is 4. The van der Waals surface area contributed by atoms with E-state index in [0.717, 1.165) is 24.3 Å². The molecule has 0 aliphatic carbocycles. The number of hydrogen-bond donors (Lipinski definition) is 1. The van der Waals surface area contributed by atoms with Crippen LogP contribution in [0.25, 0.3) is 0 Å². The molecule has 2 aromatic carbocycles. The van der Waals surface area contributed by atoms with E-state index in [1.165, 1.54) is 38.4 Å². The van der Waals surface area contributed by atoms with Gasteiger partial charge < -0.3 is 9.64 Å². The molecule has 0 amide bonds. The minimum absolute atomic E-state index is 0.0407. The lowest BCUT2D eigenvalue weighted by Crippen LogP contribution is -2.31. The second-order valence-corrected chi connectivity index (χ2v) is 7.61. The SMILES string of the molecule is O=C(c1ccc(OCCCN2CCCCC2)cc1)C1NCc2c(F)cccc21. The van der Waals surface area contributed by atoms with E-state index in [1.54, 1.807) is 18.2 Å². The molecule has 28 heavy (non-hydrogen) atoms. The molecule has 1 unspecified atom stereocenters. The molecule has 4 rings (SSSR count). The number of halogens is 1. The number of ketones is 1. The smallest absolute Gasteiger partial charge is 0.184 e. The Morgan fingerprint density at radius 2 is 1.89 bits per heavy atom. The third-order valence-electron chi connectivity index (χ3n) is 5.69. The van der Waals surface area contributed by atoms with Crippen molar-refractivity contribution in [3.63, 3.8) is 0 Å². The van der Waals surface area contributed by atoms with Crippen molar-refractivity contribution in [3.05, 3.63) is 65.0 Å². The number of rotatable bonds is 7. The monoisotopic (exact) mass is 382 g/mol. The van der Waals surface area contributed by atoms with Gasteiger partial charge in [-0.15, -0.1) is 0 Å². The Morgan fingerprint density at radius 3 is 2.68 bits per heavy atom. The summed E-state index contributed by atoms with van der Waals surface area (Å²) in [7, 11) is 0. The Hall–Kier alpha value is -2.24. The van der Waals surface area contributed by atoms with Gasteiger partial charge in [0.1, 0.15) is 11.6 Å². The summed E-state index contributed by atoms with van der Waals surface area (Å²) in [6.45, 7) is 4.56. The van der Waals surface area contributed by atoms with E-state index < -0.39 is 6.04 Å². The van der Waals surface area contributed by atoms with E-state index in [-0.39, 0.29) is 11.6 Å². The van der Waals surface area contributed by atoms with Gasteiger partial charge >= 0.3 is 0 Å². The number of ether oxygens (including phenoxy) is 1. The van der Waals surface area contributed by atoms with Crippen molar-refractivity contribution in [3.8, 4) is 5.75 Å². The van der Waals surface area contributed by atoms with Crippen LogP contribution in [0.3, 0.4) is 0 Å². The molecule has 0 saturated carbocycles. The molecule has 0 radical (unpaired) electrons. The zero-order valence-corrected chi connectivity index (χ0v) is 16.1. The van der Waals surface area contributed by atoms with E-state index in [4.69, 9.17) is 4.74 Å². The maximum Gasteiger partial charge on any atom is 0.184 e. The molecule has 4 nitrogen and oxygen atoms in total. The van der Waals surface area contributed by atoms with Gasteiger partial charge in [-0.25, -0.2) is 4.39 Å².